The molecule has 0 aromatic carbocycles. The lowest BCUT2D eigenvalue weighted by atomic mass is 9.97. The van der Waals surface area contributed by atoms with Crippen molar-refractivity contribution >= 4 is 45.0 Å². The van der Waals surface area contributed by atoms with Crippen molar-refractivity contribution in [3.63, 3.8) is 0 Å². The highest BCUT2D eigenvalue weighted by Crippen LogP contribution is 2.38. The van der Waals surface area contributed by atoms with E-state index in [4.69, 9.17) is 5.73 Å². The Bertz CT molecular complexity index is 729. The molecule has 0 radical (unpaired) electrons. The third-order valence-corrected chi connectivity index (χ3v) is 6.29. The monoisotopic (exact) mass is 364 g/mol. The molecule has 2 heterocycles. The summed E-state index contributed by atoms with van der Waals surface area (Å²) in [5.74, 6) is 0.927. The summed E-state index contributed by atoms with van der Waals surface area (Å²) in [6, 6.07) is 0. The molecule has 3 rings (SSSR count). The highest BCUT2D eigenvalue weighted by Gasteiger charge is 2.20. The Morgan fingerprint density at radius 3 is 2.96 bits per heavy atom. The standard InChI is InChI=1S/C17H24N4OS2/c1-2-3-6-9-19-13(22)10-23-17-20-15(18)14-11-7-4-5-8-12(11)24-16(14)21-17/h2-10H2,1H3,(H,19,22)(H2,18,20,21). The van der Waals surface area contributed by atoms with Crippen LogP contribution in [0.25, 0.3) is 10.2 Å². The van der Waals surface area contributed by atoms with E-state index in [2.05, 4.69) is 22.2 Å². The van der Waals surface area contributed by atoms with Gasteiger partial charge in [0.05, 0.1) is 11.1 Å². The number of thioether (sulfide) groups is 1. The number of amides is 1. The van der Waals surface area contributed by atoms with Crippen molar-refractivity contribution in [1.29, 1.82) is 0 Å². The SMILES string of the molecule is CCCCCNC(=O)CSc1nc(N)c2c3c(sc2n1)CCCC3. The lowest BCUT2D eigenvalue weighted by Gasteiger charge is -2.10. The van der Waals surface area contributed by atoms with Crippen LogP contribution in [0.4, 0.5) is 5.82 Å². The summed E-state index contributed by atoms with van der Waals surface area (Å²) in [5.41, 5.74) is 7.54. The number of hydrogen-bond acceptors (Lipinski definition) is 6. The summed E-state index contributed by atoms with van der Waals surface area (Å²) < 4.78 is 0. The first-order valence-electron chi connectivity index (χ1n) is 8.66. The van der Waals surface area contributed by atoms with E-state index < -0.39 is 0 Å². The van der Waals surface area contributed by atoms with Gasteiger partial charge >= 0.3 is 0 Å². The van der Waals surface area contributed by atoms with Gasteiger partial charge in [0.15, 0.2) is 5.16 Å². The van der Waals surface area contributed by atoms with Crippen molar-refractivity contribution in [1.82, 2.24) is 15.3 Å². The Hall–Kier alpha value is -1.34. The smallest absolute Gasteiger partial charge is 0.230 e. The van der Waals surface area contributed by atoms with E-state index >= 15 is 0 Å². The van der Waals surface area contributed by atoms with Gasteiger partial charge < -0.3 is 11.1 Å². The van der Waals surface area contributed by atoms with E-state index in [1.165, 1.54) is 35.0 Å². The zero-order valence-corrected chi connectivity index (χ0v) is 15.7. The Morgan fingerprint density at radius 2 is 2.12 bits per heavy atom. The van der Waals surface area contributed by atoms with Gasteiger partial charge in [-0.3, -0.25) is 4.79 Å². The molecule has 24 heavy (non-hydrogen) atoms. The molecule has 0 unspecified atom stereocenters. The number of aromatic nitrogens is 2. The topological polar surface area (TPSA) is 80.9 Å². The zero-order valence-electron chi connectivity index (χ0n) is 14.1. The summed E-state index contributed by atoms with van der Waals surface area (Å²) in [6.45, 7) is 2.89. The predicted molar refractivity (Wildman–Crippen MR) is 102 cm³/mol. The van der Waals surface area contributed by atoms with Crippen molar-refractivity contribution in [3.05, 3.63) is 10.4 Å². The van der Waals surface area contributed by atoms with Gasteiger partial charge in [-0.05, 0) is 37.7 Å². The molecule has 7 heteroatoms. The maximum absolute atomic E-state index is 11.9. The molecular weight excluding hydrogens is 340 g/mol. The summed E-state index contributed by atoms with van der Waals surface area (Å²) in [5, 5.41) is 4.58. The van der Waals surface area contributed by atoms with Gasteiger partial charge in [0.2, 0.25) is 5.91 Å². The van der Waals surface area contributed by atoms with Crippen molar-refractivity contribution in [2.45, 2.75) is 57.0 Å². The van der Waals surface area contributed by atoms with Crippen LogP contribution < -0.4 is 11.1 Å². The highest BCUT2D eigenvalue weighted by molar-refractivity contribution is 7.99. The number of nitrogens with zero attached hydrogens (tertiary/aromatic N) is 2. The molecular formula is C17H24N4OS2. The number of fused-ring (bicyclic) bond motifs is 3. The lowest BCUT2D eigenvalue weighted by Crippen LogP contribution is -2.26. The van der Waals surface area contributed by atoms with E-state index in [1.807, 2.05) is 0 Å². The maximum atomic E-state index is 11.9. The lowest BCUT2D eigenvalue weighted by molar-refractivity contribution is -0.118. The number of unbranched alkanes of at least 4 members (excludes halogenated alkanes) is 2. The number of nitrogens with two attached hydrogens (primary N) is 1. The van der Waals surface area contributed by atoms with Gasteiger partial charge in [-0.25, -0.2) is 9.97 Å². The van der Waals surface area contributed by atoms with Gasteiger partial charge in [-0.1, -0.05) is 31.5 Å². The molecule has 2 aromatic rings. The van der Waals surface area contributed by atoms with Crippen LogP contribution in [0, 0.1) is 0 Å². The number of rotatable bonds is 7. The van der Waals surface area contributed by atoms with Crippen LogP contribution in [-0.4, -0.2) is 28.2 Å². The molecule has 0 atom stereocenters. The zero-order chi connectivity index (χ0) is 16.9. The normalized spacial score (nSPS) is 13.9. The number of aryl methyl sites for hydroxylation is 2. The highest BCUT2D eigenvalue weighted by atomic mass is 32.2. The van der Waals surface area contributed by atoms with Gasteiger partial charge in [0.25, 0.3) is 0 Å². The van der Waals surface area contributed by atoms with Crippen LogP contribution in [0.5, 0.6) is 0 Å². The summed E-state index contributed by atoms with van der Waals surface area (Å²) in [6.07, 6.45) is 7.99. The van der Waals surface area contributed by atoms with E-state index in [0.717, 1.165) is 48.9 Å². The minimum atomic E-state index is 0.0313. The van der Waals surface area contributed by atoms with Crippen molar-refractivity contribution in [3.8, 4) is 0 Å². The van der Waals surface area contributed by atoms with Crippen LogP contribution in [0.15, 0.2) is 5.16 Å². The Labute approximate surface area is 150 Å². The van der Waals surface area contributed by atoms with Crippen LogP contribution in [0.1, 0.15) is 49.5 Å². The van der Waals surface area contributed by atoms with Gasteiger partial charge in [0.1, 0.15) is 10.6 Å². The largest absolute Gasteiger partial charge is 0.383 e. The van der Waals surface area contributed by atoms with Gasteiger partial charge in [-0.2, -0.15) is 0 Å². The number of carbonyl (C=O) groups excluding carboxylic acids is 1. The second-order valence-electron chi connectivity index (χ2n) is 6.13. The van der Waals surface area contributed by atoms with Crippen LogP contribution in [0.2, 0.25) is 0 Å². The Balaban J connectivity index is 1.64. The van der Waals surface area contributed by atoms with Crippen molar-refractivity contribution < 1.29 is 4.79 Å². The summed E-state index contributed by atoms with van der Waals surface area (Å²) >= 11 is 3.10. The molecule has 2 aromatic heterocycles. The first kappa shape index (κ1) is 17.5. The molecule has 0 fully saturated rings. The third-order valence-electron chi connectivity index (χ3n) is 4.26. The summed E-state index contributed by atoms with van der Waals surface area (Å²) in [4.78, 5) is 23.3. The fourth-order valence-electron chi connectivity index (χ4n) is 3.01. The van der Waals surface area contributed by atoms with E-state index in [1.54, 1.807) is 11.3 Å². The van der Waals surface area contributed by atoms with E-state index in [0.29, 0.717) is 16.7 Å². The average Bonchev–Trinajstić information content (AvgIpc) is 2.95. The maximum Gasteiger partial charge on any atom is 0.230 e. The predicted octanol–water partition coefficient (Wildman–Crippen LogP) is 3.55. The second kappa shape index (κ2) is 8.16. The van der Waals surface area contributed by atoms with Crippen LogP contribution in [0.3, 0.4) is 0 Å². The number of thiophene rings is 1. The fourth-order valence-corrected chi connectivity index (χ4v) is 5.02. The van der Waals surface area contributed by atoms with Gasteiger partial charge in [-0.15, -0.1) is 11.3 Å². The van der Waals surface area contributed by atoms with E-state index in [9.17, 15) is 4.79 Å². The first-order chi connectivity index (χ1) is 11.7. The molecule has 3 N–H and O–H groups in total. The molecule has 130 valence electrons. The minimum Gasteiger partial charge on any atom is -0.383 e. The molecule has 0 spiro atoms. The number of nitrogen functional groups attached to an aromatic ring is 1. The minimum absolute atomic E-state index is 0.0313. The first-order valence-corrected chi connectivity index (χ1v) is 10.5. The number of nitrogens with one attached hydrogen (secondary N) is 1. The molecule has 1 aliphatic carbocycles. The van der Waals surface area contributed by atoms with Crippen LogP contribution >= 0.6 is 23.1 Å². The molecule has 0 aliphatic heterocycles. The van der Waals surface area contributed by atoms with Crippen molar-refractivity contribution in [2.24, 2.45) is 0 Å². The second-order valence-corrected chi connectivity index (χ2v) is 8.15. The molecule has 1 aliphatic rings. The average molecular weight is 365 g/mol. The molecule has 0 saturated heterocycles. The molecule has 0 bridgehead atoms. The number of anilines is 1. The fraction of sp³-hybridized carbons (Fsp3) is 0.588. The molecule has 1 amide bonds. The van der Waals surface area contributed by atoms with Crippen LogP contribution in [-0.2, 0) is 17.6 Å². The summed E-state index contributed by atoms with van der Waals surface area (Å²) in [7, 11) is 0. The van der Waals surface area contributed by atoms with Gasteiger partial charge in [0, 0.05) is 11.4 Å². The number of carbonyl (C=O) groups is 1. The Morgan fingerprint density at radius 1 is 1.29 bits per heavy atom. The quantitative estimate of drug-likeness (QED) is 0.446. The van der Waals surface area contributed by atoms with Crippen molar-refractivity contribution in [2.75, 3.05) is 18.0 Å². The molecule has 0 saturated carbocycles. The Kier molecular flexibility index (Phi) is 5.94. The third kappa shape index (κ3) is 4.00. The number of hydrogen-bond donors (Lipinski definition) is 2. The van der Waals surface area contributed by atoms with E-state index in [-0.39, 0.29) is 5.91 Å². The molecule has 5 nitrogen and oxygen atoms in total.